The maximum Gasteiger partial charge on any atom is 0.229 e. The summed E-state index contributed by atoms with van der Waals surface area (Å²) in [5, 5.41) is 4.15. The molecule has 0 aromatic carbocycles. The molecule has 1 aromatic rings. The third kappa shape index (κ3) is 3.58. The number of rotatable bonds is 4. The highest BCUT2D eigenvalue weighted by molar-refractivity contribution is 5.01. The molecule has 1 aliphatic rings. The third-order valence-electron chi connectivity index (χ3n) is 3.88. The van der Waals surface area contributed by atoms with Crippen LogP contribution in [0.15, 0.2) is 4.52 Å². The molecule has 0 spiro atoms. The minimum atomic E-state index is -0.137. The van der Waals surface area contributed by atoms with E-state index in [4.69, 9.17) is 15.0 Å². The molecule has 2 N–H and O–H groups in total. The van der Waals surface area contributed by atoms with Crippen LogP contribution in [-0.4, -0.2) is 22.8 Å². The molecule has 0 aliphatic heterocycles. The lowest BCUT2D eigenvalue weighted by Crippen LogP contribution is -2.27. The van der Waals surface area contributed by atoms with E-state index in [1.807, 2.05) is 6.92 Å². The Morgan fingerprint density at radius 1 is 1.40 bits per heavy atom. The van der Waals surface area contributed by atoms with Crippen LogP contribution in [-0.2, 0) is 4.74 Å². The third-order valence-corrected chi connectivity index (χ3v) is 3.88. The quantitative estimate of drug-likeness (QED) is 0.917. The van der Waals surface area contributed by atoms with E-state index in [0.29, 0.717) is 18.3 Å². The Labute approximate surface area is 121 Å². The second kappa shape index (κ2) is 6.22. The first-order chi connectivity index (χ1) is 9.41. The first kappa shape index (κ1) is 15.4. The van der Waals surface area contributed by atoms with E-state index in [-0.39, 0.29) is 17.6 Å². The van der Waals surface area contributed by atoms with Crippen molar-refractivity contribution in [2.24, 2.45) is 11.1 Å². The molecule has 20 heavy (non-hydrogen) atoms. The predicted molar refractivity (Wildman–Crippen MR) is 77.3 cm³/mol. The molecule has 1 aromatic heterocycles. The molecule has 3 atom stereocenters. The molecule has 1 saturated carbocycles. The highest BCUT2D eigenvalue weighted by Crippen LogP contribution is 2.36. The Hall–Kier alpha value is -0.940. The van der Waals surface area contributed by atoms with Crippen molar-refractivity contribution < 1.29 is 9.26 Å². The van der Waals surface area contributed by atoms with Crippen molar-refractivity contribution in [3.63, 3.8) is 0 Å². The van der Waals surface area contributed by atoms with Crippen molar-refractivity contribution >= 4 is 0 Å². The molecule has 114 valence electrons. The normalized spacial score (nSPS) is 25.6. The predicted octanol–water partition coefficient (Wildman–Crippen LogP) is 3.18. The summed E-state index contributed by atoms with van der Waals surface area (Å²) in [5.74, 6) is 1.69. The van der Waals surface area contributed by atoms with E-state index in [1.165, 1.54) is 0 Å². The molecule has 0 bridgehead atoms. The fourth-order valence-electron chi connectivity index (χ4n) is 2.85. The molecule has 2 rings (SSSR count). The lowest BCUT2D eigenvalue weighted by Gasteiger charge is -2.27. The van der Waals surface area contributed by atoms with Crippen molar-refractivity contribution in [2.75, 3.05) is 6.61 Å². The number of ether oxygens (including phenoxy) is 1. The van der Waals surface area contributed by atoms with Crippen LogP contribution in [0.1, 0.15) is 77.1 Å². The molecule has 0 saturated heterocycles. The van der Waals surface area contributed by atoms with Crippen LogP contribution in [0.5, 0.6) is 0 Å². The zero-order valence-corrected chi connectivity index (χ0v) is 13.1. The zero-order chi connectivity index (χ0) is 14.8. The Morgan fingerprint density at radius 2 is 2.15 bits per heavy atom. The van der Waals surface area contributed by atoms with Gasteiger partial charge in [-0.2, -0.15) is 4.98 Å². The fraction of sp³-hybridized carbons (Fsp3) is 0.867. The van der Waals surface area contributed by atoms with Crippen LogP contribution in [0, 0.1) is 5.41 Å². The van der Waals surface area contributed by atoms with Gasteiger partial charge in [-0.05, 0) is 31.6 Å². The van der Waals surface area contributed by atoms with Gasteiger partial charge in [-0.3, -0.25) is 0 Å². The molecule has 5 nitrogen and oxygen atoms in total. The monoisotopic (exact) mass is 281 g/mol. The van der Waals surface area contributed by atoms with Gasteiger partial charge in [-0.1, -0.05) is 32.3 Å². The zero-order valence-electron chi connectivity index (χ0n) is 13.1. The highest BCUT2D eigenvalue weighted by Gasteiger charge is 2.33. The summed E-state index contributed by atoms with van der Waals surface area (Å²) in [4.78, 5) is 4.60. The molecule has 1 fully saturated rings. The summed E-state index contributed by atoms with van der Waals surface area (Å²) < 4.78 is 11.3. The van der Waals surface area contributed by atoms with E-state index < -0.39 is 0 Å². The lowest BCUT2D eigenvalue weighted by atomic mass is 9.86. The van der Waals surface area contributed by atoms with Crippen LogP contribution >= 0.6 is 0 Å². The van der Waals surface area contributed by atoms with Gasteiger partial charge >= 0.3 is 0 Å². The van der Waals surface area contributed by atoms with Crippen LogP contribution in [0.2, 0.25) is 0 Å². The summed E-state index contributed by atoms with van der Waals surface area (Å²) in [6.07, 6.45) is 4.13. The number of nitrogens with two attached hydrogens (primary N) is 1. The van der Waals surface area contributed by atoms with E-state index >= 15 is 0 Å². The Morgan fingerprint density at radius 3 is 2.75 bits per heavy atom. The molecule has 0 radical (unpaired) electrons. The van der Waals surface area contributed by atoms with E-state index in [9.17, 15) is 0 Å². The van der Waals surface area contributed by atoms with Gasteiger partial charge in [0.15, 0.2) is 0 Å². The topological polar surface area (TPSA) is 74.2 Å². The average Bonchev–Trinajstić information content (AvgIpc) is 2.83. The molecular formula is C15H27N3O2. The minimum Gasteiger partial charge on any atom is -0.370 e. The maximum absolute atomic E-state index is 6.03. The van der Waals surface area contributed by atoms with Crippen molar-refractivity contribution in [2.45, 2.75) is 71.4 Å². The number of aromatic nitrogens is 2. The number of hydrogen-bond acceptors (Lipinski definition) is 5. The fourth-order valence-corrected chi connectivity index (χ4v) is 2.85. The van der Waals surface area contributed by atoms with E-state index in [0.717, 1.165) is 31.6 Å². The number of hydrogen-bond donors (Lipinski definition) is 1. The molecular weight excluding hydrogens is 254 g/mol. The summed E-state index contributed by atoms with van der Waals surface area (Å²) >= 11 is 0. The van der Waals surface area contributed by atoms with Gasteiger partial charge in [0.1, 0.15) is 6.10 Å². The number of nitrogens with zero attached hydrogens (tertiary/aromatic N) is 2. The van der Waals surface area contributed by atoms with Crippen LogP contribution in [0.25, 0.3) is 0 Å². The lowest BCUT2D eigenvalue weighted by molar-refractivity contribution is -0.0203. The van der Waals surface area contributed by atoms with Gasteiger partial charge in [-0.15, -0.1) is 0 Å². The first-order valence-corrected chi connectivity index (χ1v) is 7.62. The van der Waals surface area contributed by atoms with Gasteiger partial charge in [0.25, 0.3) is 0 Å². The Bertz CT molecular complexity index is 425. The van der Waals surface area contributed by atoms with Crippen molar-refractivity contribution in [1.29, 1.82) is 0 Å². The van der Waals surface area contributed by atoms with Crippen LogP contribution < -0.4 is 5.73 Å². The Balaban J connectivity index is 2.14. The molecule has 1 heterocycles. The molecule has 0 amide bonds. The summed E-state index contributed by atoms with van der Waals surface area (Å²) in [6.45, 7) is 9.00. The van der Waals surface area contributed by atoms with Gasteiger partial charge in [-0.25, -0.2) is 0 Å². The first-order valence-electron chi connectivity index (χ1n) is 7.62. The second-order valence-electron chi connectivity index (χ2n) is 6.82. The molecule has 1 aliphatic carbocycles. The van der Waals surface area contributed by atoms with E-state index in [2.05, 4.69) is 30.9 Å². The largest absolute Gasteiger partial charge is 0.370 e. The summed E-state index contributed by atoms with van der Waals surface area (Å²) in [7, 11) is 0. The van der Waals surface area contributed by atoms with Gasteiger partial charge in [0, 0.05) is 18.6 Å². The van der Waals surface area contributed by atoms with Gasteiger partial charge in [0.05, 0.1) is 0 Å². The smallest absolute Gasteiger partial charge is 0.229 e. The van der Waals surface area contributed by atoms with Gasteiger partial charge in [0.2, 0.25) is 11.7 Å². The van der Waals surface area contributed by atoms with Gasteiger partial charge < -0.3 is 15.0 Å². The Kier molecular flexibility index (Phi) is 4.81. The highest BCUT2D eigenvalue weighted by atomic mass is 16.5. The van der Waals surface area contributed by atoms with Crippen molar-refractivity contribution in [3.8, 4) is 0 Å². The summed E-state index contributed by atoms with van der Waals surface area (Å²) in [5.41, 5.74) is 5.98. The molecule has 5 heteroatoms. The van der Waals surface area contributed by atoms with Crippen molar-refractivity contribution in [1.82, 2.24) is 10.1 Å². The van der Waals surface area contributed by atoms with Crippen LogP contribution in [0.3, 0.4) is 0 Å². The minimum absolute atomic E-state index is 0.0554. The van der Waals surface area contributed by atoms with Crippen molar-refractivity contribution in [3.05, 3.63) is 11.7 Å². The standard InChI is InChI=1S/C15H27N3O2/c1-5-19-12(15(2,3)4)13-17-14(20-18-13)10-7-6-8-11(16)9-10/h10-12H,5-9,16H2,1-4H3. The SMILES string of the molecule is CCOC(c1noc(C2CCCC(N)C2)n1)C(C)(C)C. The second-order valence-corrected chi connectivity index (χ2v) is 6.82. The van der Waals surface area contributed by atoms with E-state index in [1.54, 1.807) is 0 Å². The van der Waals surface area contributed by atoms with Crippen LogP contribution in [0.4, 0.5) is 0 Å². The molecule has 3 unspecified atom stereocenters. The summed E-state index contributed by atoms with van der Waals surface area (Å²) in [6, 6.07) is 0.259. The maximum atomic E-state index is 6.03. The average molecular weight is 281 g/mol.